The van der Waals surface area contributed by atoms with Crippen LogP contribution in [0.25, 0.3) is 22.4 Å². The van der Waals surface area contributed by atoms with Gasteiger partial charge >= 0.3 is 5.69 Å². The van der Waals surface area contributed by atoms with Crippen molar-refractivity contribution in [3.63, 3.8) is 0 Å². The fourth-order valence-corrected chi connectivity index (χ4v) is 2.76. The summed E-state index contributed by atoms with van der Waals surface area (Å²) in [6.07, 6.45) is 0. The quantitative estimate of drug-likeness (QED) is 0.717. The number of aromatic nitrogens is 4. The number of fused-ring (bicyclic) bond motifs is 1. The fourth-order valence-electron chi connectivity index (χ4n) is 2.26. The highest BCUT2D eigenvalue weighted by Crippen LogP contribution is 2.32. The topological polar surface area (TPSA) is 95.8 Å². The molecule has 9 heteroatoms. The zero-order valence-corrected chi connectivity index (χ0v) is 13.7. The average Bonchev–Trinajstić information content (AvgIpc) is 2.51. The molecule has 2 N–H and O–H groups in total. The third kappa shape index (κ3) is 2.38. The Morgan fingerprint density at radius 1 is 1.09 bits per heavy atom. The van der Waals surface area contributed by atoms with E-state index in [1.165, 1.54) is 18.7 Å². The molecule has 0 bridgehead atoms. The van der Waals surface area contributed by atoms with Crippen LogP contribution < -0.4 is 17.0 Å². The lowest BCUT2D eigenvalue weighted by atomic mass is 10.1. The molecule has 3 rings (SSSR count). The first-order chi connectivity index (χ1) is 10.8. The predicted octanol–water partition coefficient (Wildman–Crippen LogP) is 1.58. The summed E-state index contributed by atoms with van der Waals surface area (Å²) in [6.45, 7) is 0. The molecule has 0 aliphatic rings. The van der Waals surface area contributed by atoms with Crippen molar-refractivity contribution in [2.45, 2.75) is 0 Å². The Labute approximate surface area is 139 Å². The van der Waals surface area contributed by atoms with E-state index < -0.39 is 11.2 Å². The Hall–Kier alpha value is -2.38. The molecular formula is C14H11Cl2N5O2. The molecule has 0 aliphatic heterocycles. The van der Waals surface area contributed by atoms with E-state index in [2.05, 4.69) is 9.97 Å². The van der Waals surface area contributed by atoms with Gasteiger partial charge in [-0.25, -0.2) is 14.8 Å². The zero-order chi connectivity index (χ0) is 16.9. The number of hydrogen-bond donors (Lipinski definition) is 1. The van der Waals surface area contributed by atoms with Crippen molar-refractivity contribution in [2.24, 2.45) is 14.1 Å². The van der Waals surface area contributed by atoms with Gasteiger partial charge in [0.25, 0.3) is 5.56 Å². The Morgan fingerprint density at radius 2 is 1.78 bits per heavy atom. The molecule has 0 aliphatic carbocycles. The minimum atomic E-state index is -0.554. The Morgan fingerprint density at radius 3 is 2.43 bits per heavy atom. The number of benzene rings is 1. The van der Waals surface area contributed by atoms with Crippen molar-refractivity contribution in [1.82, 2.24) is 19.1 Å². The summed E-state index contributed by atoms with van der Waals surface area (Å²) < 4.78 is 2.17. The summed E-state index contributed by atoms with van der Waals surface area (Å²) in [6, 6.07) is 4.82. The van der Waals surface area contributed by atoms with Gasteiger partial charge in [0.15, 0.2) is 17.0 Å². The van der Waals surface area contributed by atoms with Gasteiger partial charge in [0.2, 0.25) is 0 Å². The predicted molar refractivity (Wildman–Crippen MR) is 89.9 cm³/mol. The fraction of sp³-hybridized carbons (Fsp3) is 0.143. The molecule has 0 saturated heterocycles. The van der Waals surface area contributed by atoms with Crippen LogP contribution in [0.4, 0.5) is 5.82 Å². The highest BCUT2D eigenvalue weighted by molar-refractivity contribution is 6.36. The molecule has 23 heavy (non-hydrogen) atoms. The molecule has 0 spiro atoms. The van der Waals surface area contributed by atoms with E-state index in [1.54, 1.807) is 18.2 Å². The van der Waals surface area contributed by atoms with E-state index in [0.29, 0.717) is 15.6 Å². The molecule has 3 aromatic rings. The standard InChI is InChI=1S/C14H11Cl2N5O2/c1-20-12-10(13(22)21(2)14(20)23)18-9(11(17)19-12)7-4-3-6(15)5-8(7)16/h3-5H,1-2H3,(H2,17,19). The summed E-state index contributed by atoms with van der Waals surface area (Å²) in [5.74, 6) is 0.0602. The second-order valence-electron chi connectivity index (χ2n) is 4.96. The molecule has 0 unspecified atom stereocenters. The minimum absolute atomic E-state index is 0.0322. The largest absolute Gasteiger partial charge is 0.382 e. The van der Waals surface area contributed by atoms with Gasteiger partial charge in [-0.3, -0.25) is 13.9 Å². The maximum absolute atomic E-state index is 12.3. The highest BCUT2D eigenvalue weighted by atomic mass is 35.5. The number of anilines is 1. The molecule has 0 radical (unpaired) electrons. The van der Waals surface area contributed by atoms with E-state index in [4.69, 9.17) is 28.9 Å². The first-order valence-corrected chi connectivity index (χ1v) is 7.25. The van der Waals surface area contributed by atoms with Crippen molar-refractivity contribution in [1.29, 1.82) is 0 Å². The maximum atomic E-state index is 12.3. The summed E-state index contributed by atoms with van der Waals surface area (Å²) in [5.41, 5.74) is 5.79. The van der Waals surface area contributed by atoms with Gasteiger partial charge in [-0.15, -0.1) is 0 Å². The van der Waals surface area contributed by atoms with Crippen LogP contribution in [-0.2, 0) is 14.1 Å². The lowest BCUT2D eigenvalue weighted by Gasteiger charge is -2.11. The molecule has 1 aromatic carbocycles. The molecule has 0 amide bonds. The normalized spacial score (nSPS) is 11.1. The number of aryl methyl sites for hydroxylation is 1. The summed E-state index contributed by atoms with van der Waals surface area (Å²) >= 11 is 12.0. The Balaban J connectivity index is 2.43. The number of nitrogens with zero attached hydrogens (tertiary/aromatic N) is 4. The molecule has 2 aromatic heterocycles. The molecule has 2 heterocycles. The molecule has 0 saturated carbocycles. The summed E-state index contributed by atoms with van der Waals surface area (Å²) in [5, 5.41) is 0.795. The van der Waals surface area contributed by atoms with Gasteiger partial charge in [0.1, 0.15) is 5.69 Å². The number of nitrogens with two attached hydrogens (primary N) is 1. The number of nitrogen functional groups attached to an aromatic ring is 1. The monoisotopic (exact) mass is 351 g/mol. The van der Waals surface area contributed by atoms with Gasteiger partial charge < -0.3 is 5.73 Å². The van der Waals surface area contributed by atoms with Crippen molar-refractivity contribution < 1.29 is 0 Å². The molecule has 7 nitrogen and oxygen atoms in total. The lowest BCUT2D eigenvalue weighted by molar-refractivity contribution is 0.705. The molecule has 0 fully saturated rings. The van der Waals surface area contributed by atoms with E-state index in [0.717, 1.165) is 4.57 Å². The second-order valence-corrected chi connectivity index (χ2v) is 5.80. The van der Waals surface area contributed by atoms with Crippen LogP contribution in [0.5, 0.6) is 0 Å². The number of hydrogen-bond acceptors (Lipinski definition) is 5. The van der Waals surface area contributed by atoms with E-state index in [-0.39, 0.29) is 22.7 Å². The van der Waals surface area contributed by atoms with Crippen LogP contribution in [-0.4, -0.2) is 19.1 Å². The molecular weight excluding hydrogens is 341 g/mol. The summed E-state index contributed by atoms with van der Waals surface area (Å²) in [4.78, 5) is 32.7. The van der Waals surface area contributed by atoms with E-state index in [1.807, 2.05) is 0 Å². The van der Waals surface area contributed by atoms with Gasteiger partial charge in [-0.05, 0) is 18.2 Å². The molecule has 118 valence electrons. The number of halogens is 2. The van der Waals surface area contributed by atoms with Crippen molar-refractivity contribution in [2.75, 3.05) is 5.73 Å². The Bertz CT molecular complexity index is 1070. The van der Waals surface area contributed by atoms with Crippen molar-refractivity contribution in [3.8, 4) is 11.3 Å². The van der Waals surface area contributed by atoms with Crippen molar-refractivity contribution in [3.05, 3.63) is 49.1 Å². The third-order valence-electron chi connectivity index (χ3n) is 3.49. The first-order valence-electron chi connectivity index (χ1n) is 6.50. The highest BCUT2D eigenvalue weighted by Gasteiger charge is 2.17. The van der Waals surface area contributed by atoms with Crippen LogP contribution in [0.15, 0.2) is 27.8 Å². The van der Waals surface area contributed by atoms with Crippen LogP contribution in [0.1, 0.15) is 0 Å². The number of rotatable bonds is 1. The smallest absolute Gasteiger partial charge is 0.332 e. The molecule has 0 atom stereocenters. The second kappa shape index (κ2) is 5.36. The van der Waals surface area contributed by atoms with Crippen LogP contribution in [0, 0.1) is 0 Å². The first kappa shape index (κ1) is 15.5. The third-order valence-corrected chi connectivity index (χ3v) is 4.04. The van der Waals surface area contributed by atoms with E-state index >= 15 is 0 Å². The van der Waals surface area contributed by atoms with Gasteiger partial charge in [0.05, 0.1) is 5.02 Å². The van der Waals surface area contributed by atoms with Crippen LogP contribution >= 0.6 is 23.2 Å². The van der Waals surface area contributed by atoms with Gasteiger partial charge in [-0.2, -0.15) is 0 Å². The zero-order valence-electron chi connectivity index (χ0n) is 12.2. The van der Waals surface area contributed by atoms with E-state index in [9.17, 15) is 9.59 Å². The summed E-state index contributed by atoms with van der Waals surface area (Å²) in [7, 11) is 2.87. The van der Waals surface area contributed by atoms with Crippen LogP contribution in [0.3, 0.4) is 0 Å². The SMILES string of the molecule is Cn1c(=O)c2nc(-c3ccc(Cl)cc3Cl)c(N)nc2n(C)c1=O. The van der Waals surface area contributed by atoms with Crippen molar-refractivity contribution >= 4 is 40.2 Å². The Kier molecular flexibility index (Phi) is 3.62. The average molecular weight is 352 g/mol. The maximum Gasteiger partial charge on any atom is 0.332 e. The van der Waals surface area contributed by atoms with Crippen LogP contribution in [0.2, 0.25) is 10.0 Å². The lowest BCUT2D eigenvalue weighted by Crippen LogP contribution is -2.37. The van der Waals surface area contributed by atoms with Gasteiger partial charge in [0, 0.05) is 24.7 Å². The minimum Gasteiger partial charge on any atom is -0.382 e. The van der Waals surface area contributed by atoms with Gasteiger partial charge in [-0.1, -0.05) is 23.2 Å².